The Hall–Kier alpha value is -2.34. The van der Waals surface area contributed by atoms with E-state index in [1.165, 1.54) is 4.90 Å². The smallest absolute Gasteiger partial charge is 0.415 e. The summed E-state index contributed by atoms with van der Waals surface area (Å²) >= 11 is 6.20. The minimum Gasteiger partial charge on any atom is -0.443 e. The second-order valence-electron chi connectivity index (χ2n) is 5.84. The van der Waals surface area contributed by atoms with E-state index in [4.69, 9.17) is 16.3 Å². The Morgan fingerprint density at radius 2 is 2.26 bits per heavy atom. The van der Waals surface area contributed by atoms with E-state index in [0.29, 0.717) is 5.69 Å². The summed E-state index contributed by atoms with van der Waals surface area (Å²) in [6.45, 7) is 9.34. The van der Waals surface area contributed by atoms with Crippen LogP contribution in [0, 0.1) is 0 Å². The summed E-state index contributed by atoms with van der Waals surface area (Å²) in [6, 6.07) is 3.63. The molecule has 0 saturated carbocycles. The summed E-state index contributed by atoms with van der Waals surface area (Å²) in [6.07, 6.45) is 6.07. The second kappa shape index (κ2) is 6.83. The Morgan fingerprint density at radius 3 is 2.83 bits per heavy atom. The number of carbonyl (C=O) groups excluding carboxylic acids is 1. The molecule has 0 N–H and O–H groups in total. The molecule has 2 aromatic heterocycles. The first kappa shape index (κ1) is 17.0. The molecule has 0 bridgehead atoms. The normalized spacial score (nSPS) is 11.1. The van der Waals surface area contributed by atoms with Crippen molar-refractivity contribution in [1.29, 1.82) is 0 Å². The van der Waals surface area contributed by atoms with Crippen LogP contribution in [0.4, 0.5) is 10.5 Å². The van der Waals surface area contributed by atoms with E-state index in [2.05, 4.69) is 16.7 Å². The summed E-state index contributed by atoms with van der Waals surface area (Å²) in [4.78, 5) is 17.8. The molecule has 0 aliphatic carbocycles. The standard InChI is InChI=1S/C16H19ClN4O2/c1-5-9-20(15(22)23-16(2,3)4)13-11-21(19-14(13)17)12-7-6-8-18-10-12/h5-8,10-11H,1,9H2,2-4H3. The van der Waals surface area contributed by atoms with Gasteiger partial charge in [-0.1, -0.05) is 17.7 Å². The lowest BCUT2D eigenvalue weighted by Crippen LogP contribution is -2.37. The van der Waals surface area contributed by atoms with Crippen LogP contribution in [0.3, 0.4) is 0 Å². The minimum atomic E-state index is -0.609. The fourth-order valence-electron chi connectivity index (χ4n) is 1.86. The lowest BCUT2D eigenvalue weighted by Gasteiger charge is -2.25. The summed E-state index contributed by atoms with van der Waals surface area (Å²) in [5.74, 6) is 0. The number of pyridine rings is 1. The van der Waals surface area contributed by atoms with Crippen molar-refractivity contribution in [2.24, 2.45) is 0 Å². The van der Waals surface area contributed by atoms with Crippen LogP contribution < -0.4 is 4.90 Å². The molecular formula is C16H19ClN4O2. The van der Waals surface area contributed by atoms with Crippen molar-refractivity contribution in [3.63, 3.8) is 0 Å². The van der Waals surface area contributed by atoms with E-state index in [-0.39, 0.29) is 11.7 Å². The van der Waals surface area contributed by atoms with Crippen molar-refractivity contribution in [1.82, 2.24) is 14.8 Å². The highest BCUT2D eigenvalue weighted by atomic mass is 35.5. The number of hydrogen-bond acceptors (Lipinski definition) is 4. The number of halogens is 1. The number of amides is 1. The molecule has 23 heavy (non-hydrogen) atoms. The van der Waals surface area contributed by atoms with E-state index in [1.54, 1.807) is 56.2 Å². The maximum atomic E-state index is 12.4. The number of hydrogen-bond donors (Lipinski definition) is 0. The number of anilines is 1. The molecule has 0 spiro atoms. The van der Waals surface area contributed by atoms with Crippen LogP contribution in [0.1, 0.15) is 20.8 Å². The van der Waals surface area contributed by atoms with Gasteiger partial charge >= 0.3 is 6.09 Å². The summed E-state index contributed by atoms with van der Waals surface area (Å²) in [5, 5.41) is 4.42. The van der Waals surface area contributed by atoms with Crippen molar-refractivity contribution in [2.45, 2.75) is 26.4 Å². The van der Waals surface area contributed by atoms with Crippen molar-refractivity contribution < 1.29 is 9.53 Å². The lowest BCUT2D eigenvalue weighted by molar-refractivity contribution is 0.0584. The van der Waals surface area contributed by atoms with Crippen LogP contribution >= 0.6 is 11.6 Å². The predicted octanol–water partition coefficient (Wildman–Crippen LogP) is 3.85. The highest BCUT2D eigenvalue weighted by molar-refractivity contribution is 6.32. The molecule has 0 aliphatic rings. The SMILES string of the molecule is C=CCN(C(=O)OC(C)(C)C)c1cn(-c2cccnc2)nc1Cl. The predicted molar refractivity (Wildman–Crippen MR) is 90.1 cm³/mol. The average Bonchev–Trinajstić information content (AvgIpc) is 2.85. The molecule has 0 atom stereocenters. The molecular weight excluding hydrogens is 316 g/mol. The Bertz CT molecular complexity index is 692. The monoisotopic (exact) mass is 334 g/mol. The van der Waals surface area contributed by atoms with Crippen molar-refractivity contribution in [3.8, 4) is 5.69 Å². The fraction of sp³-hybridized carbons (Fsp3) is 0.312. The largest absolute Gasteiger partial charge is 0.443 e. The maximum Gasteiger partial charge on any atom is 0.415 e. The zero-order chi connectivity index (χ0) is 17.0. The van der Waals surface area contributed by atoms with Crippen LogP contribution in [0.5, 0.6) is 0 Å². The third-order valence-electron chi connectivity index (χ3n) is 2.78. The quantitative estimate of drug-likeness (QED) is 0.797. The van der Waals surface area contributed by atoms with Gasteiger partial charge in [-0.15, -0.1) is 6.58 Å². The Balaban J connectivity index is 2.35. The number of aromatic nitrogens is 3. The number of nitrogens with zero attached hydrogens (tertiary/aromatic N) is 4. The van der Waals surface area contributed by atoms with Crippen molar-refractivity contribution >= 4 is 23.4 Å². The maximum absolute atomic E-state index is 12.4. The average molecular weight is 335 g/mol. The number of rotatable bonds is 4. The van der Waals surface area contributed by atoms with Crippen molar-refractivity contribution in [2.75, 3.05) is 11.4 Å². The van der Waals surface area contributed by atoms with Gasteiger partial charge in [0.25, 0.3) is 0 Å². The molecule has 122 valence electrons. The van der Waals surface area contributed by atoms with Gasteiger partial charge in [0.1, 0.15) is 11.3 Å². The van der Waals surface area contributed by atoms with Crippen molar-refractivity contribution in [3.05, 3.63) is 48.5 Å². The van der Waals surface area contributed by atoms with E-state index in [1.807, 2.05) is 6.07 Å². The first-order chi connectivity index (χ1) is 10.8. The Labute approximate surface area is 140 Å². The fourth-order valence-corrected chi connectivity index (χ4v) is 2.10. The summed E-state index contributed by atoms with van der Waals surface area (Å²) in [7, 11) is 0. The van der Waals surface area contributed by atoms with Gasteiger partial charge in [0.15, 0.2) is 5.15 Å². The third kappa shape index (κ3) is 4.32. The summed E-state index contributed by atoms with van der Waals surface area (Å²) in [5.41, 5.74) is 0.579. The molecule has 7 heteroatoms. The zero-order valence-electron chi connectivity index (χ0n) is 13.4. The van der Waals surface area contributed by atoms with Crippen LogP contribution in [0.2, 0.25) is 5.15 Å². The van der Waals surface area contributed by atoms with Gasteiger partial charge in [0.2, 0.25) is 0 Å². The van der Waals surface area contributed by atoms with Crippen LogP contribution in [-0.4, -0.2) is 33.0 Å². The Morgan fingerprint density at radius 1 is 1.52 bits per heavy atom. The molecule has 0 radical (unpaired) electrons. The first-order valence-electron chi connectivity index (χ1n) is 7.09. The van der Waals surface area contributed by atoms with E-state index in [0.717, 1.165) is 5.69 Å². The molecule has 0 unspecified atom stereocenters. The van der Waals surface area contributed by atoms with E-state index >= 15 is 0 Å². The van der Waals surface area contributed by atoms with Gasteiger partial charge in [-0.2, -0.15) is 5.10 Å². The summed E-state index contributed by atoms with van der Waals surface area (Å²) < 4.78 is 6.97. The molecule has 2 rings (SSSR count). The molecule has 6 nitrogen and oxygen atoms in total. The van der Waals surface area contributed by atoms with Gasteiger partial charge in [0, 0.05) is 12.7 Å². The third-order valence-corrected chi connectivity index (χ3v) is 3.05. The first-order valence-corrected chi connectivity index (χ1v) is 7.46. The second-order valence-corrected chi connectivity index (χ2v) is 6.20. The van der Waals surface area contributed by atoms with E-state index in [9.17, 15) is 4.79 Å². The zero-order valence-corrected chi connectivity index (χ0v) is 14.1. The molecule has 2 heterocycles. The molecule has 2 aromatic rings. The van der Waals surface area contributed by atoms with Crippen LogP contribution in [0.15, 0.2) is 43.4 Å². The van der Waals surface area contributed by atoms with E-state index < -0.39 is 11.7 Å². The van der Waals surface area contributed by atoms with Gasteiger partial charge in [0.05, 0.1) is 18.1 Å². The highest BCUT2D eigenvalue weighted by Crippen LogP contribution is 2.27. The molecule has 1 amide bonds. The van der Waals surface area contributed by atoms with Crippen LogP contribution in [-0.2, 0) is 4.74 Å². The highest BCUT2D eigenvalue weighted by Gasteiger charge is 2.26. The molecule has 0 fully saturated rings. The number of carbonyl (C=O) groups is 1. The van der Waals surface area contributed by atoms with Gasteiger partial charge in [-0.05, 0) is 32.9 Å². The topological polar surface area (TPSA) is 60.2 Å². The molecule has 0 aliphatic heterocycles. The molecule has 0 aromatic carbocycles. The lowest BCUT2D eigenvalue weighted by atomic mass is 10.2. The number of ether oxygens (including phenoxy) is 1. The molecule has 0 saturated heterocycles. The Kier molecular flexibility index (Phi) is 5.05. The van der Waals surface area contributed by atoms with Crippen LogP contribution in [0.25, 0.3) is 5.69 Å². The van der Waals surface area contributed by atoms with Gasteiger partial charge < -0.3 is 4.74 Å². The van der Waals surface area contributed by atoms with Gasteiger partial charge in [-0.25, -0.2) is 9.48 Å². The van der Waals surface area contributed by atoms with Gasteiger partial charge in [-0.3, -0.25) is 9.88 Å². The minimum absolute atomic E-state index is 0.196.